The third-order valence-electron chi connectivity index (χ3n) is 3.53. The minimum atomic E-state index is -0.00340. The van der Waals surface area contributed by atoms with Gasteiger partial charge in [-0.2, -0.15) is 0 Å². The minimum absolute atomic E-state index is 0.00340. The summed E-state index contributed by atoms with van der Waals surface area (Å²) >= 11 is 0. The Labute approximate surface area is 140 Å². The van der Waals surface area contributed by atoms with Gasteiger partial charge in [0.15, 0.2) is 0 Å². The average molecular weight is 320 g/mol. The van der Waals surface area contributed by atoms with Gasteiger partial charge in [-0.1, -0.05) is 19.1 Å². The Balaban J connectivity index is 2.32. The maximum absolute atomic E-state index is 5.82. The second kappa shape index (κ2) is 12.0. The summed E-state index contributed by atoms with van der Waals surface area (Å²) in [6.07, 6.45) is 6.01. The zero-order chi connectivity index (χ0) is 16.9. The molecule has 0 radical (unpaired) electrons. The summed E-state index contributed by atoms with van der Waals surface area (Å²) in [4.78, 5) is 0. The number of methoxy groups -OCH3 is 1. The van der Waals surface area contributed by atoms with E-state index in [-0.39, 0.29) is 12.0 Å². The highest BCUT2D eigenvalue weighted by Crippen LogP contribution is 2.15. The van der Waals surface area contributed by atoms with Crippen molar-refractivity contribution in [3.8, 4) is 18.1 Å². The maximum Gasteiger partial charge on any atom is 0.118 e. The van der Waals surface area contributed by atoms with E-state index in [0.717, 1.165) is 11.3 Å². The summed E-state index contributed by atoms with van der Waals surface area (Å²) in [5, 5.41) is 0. The summed E-state index contributed by atoms with van der Waals surface area (Å²) in [5.41, 5.74) is 1.11. The zero-order valence-corrected chi connectivity index (χ0v) is 14.4. The van der Waals surface area contributed by atoms with Crippen LogP contribution in [0.15, 0.2) is 24.3 Å². The van der Waals surface area contributed by atoms with Crippen molar-refractivity contribution in [2.45, 2.75) is 33.0 Å². The van der Waals surface area contributed by atoms with Gasteiger partial charge in [-0.25, -0.2) is 0 Å². The molecule has 2 atom stereocenters. The van der Waals surface area contributed by atoms with Crippen LogP contribution in [0.4, 0.5) is 0 Å². The van der Waals surface area contributed by atoms with Crippen molar-refractivity contribution in [1.82, 2.24) is 0 Å². The Morgan fingerprint density at radius 2 is 1.87 bits per heavy atom. The highest BCUT2D eigenvalue weighted by atomic mass is 16.5. The lowest BCUT2D eigenvalue weighted by molar-refractivity contribution is -0.0373. The summed E-state index contributed by atoms with van der Waals surface area (Å²) in [6.45, 7) is 7.08. The first-order valence-electron chi connectivity index (χ1n) is 8.04. The van der Waals surface area contributed by atoms with E-state index in [1.807, 2.05) is 31.2 Å². The quantitative estimate of drug-likeness (QED) is 0.437. The van der Waals surface area contributed by atoms with Crippen LogP contribution in [0, 0.1) is 18.3 Å². The fraction of sp³-hybridized carbons (Fsp3) is 0.579. The summed E-state index contributed by atoms with van der Waals surface area (Å²) in [7, 11) is 1.66. The van der Waals surface area contributed by atoms with Crippen molar-refractivity contribution in [3.63, 3.8) is 0 Å². The summed E-state index contributed by atoms with van der Waals surface area (Å²) < 4.78 is 22.0. The second-order valence-electron chi connectivity index (χ2n) is 5.35. The van der Waals surface area contributed by atoms with Crippen LogP contribution in [0.5, 0.6) is 5.75 Å². The van der Waals surface area contributed by atoms with Gasteiger partial charge in [0.2, 0.25) is 0 Å². The van der Waals surface area contributed by atoms with E-state index in [0.29, 0.717) is 39.5 Å². The van der Waals surface area contributed by atoms with Gasteiger partial charge in [-0.15, -0.1) is 12.3 Å². The lowest BCUT2D eigenvalue weighted by Gasteiger charge is -2.22. The van der Waals surface area contributed by atoms with Crippen LogP contribution in [0.2, 0.25) is 0 Å². The molecular formula is C19H28O4. The van der Waals surface area contributed by atoms with Gasteiger partial charge < -0.3 is 18.9 Å². The molecule has 0 N–H and O–H groups in total. The normalized spacial score (nSPS) is 13.3. The maximum atomic E-state index is 5.82. The van der Waals surface area contributed by atoms with Crippen molar-refractivity contribution in [3.05, 3.63) is 29.8 Å². The number of terminal acetylenes is 1. The Morgan fingerprint density at radius 1 is 1.13 bits per heavy atom. The molecule has 0 aromatic heterocycles. The van der Waals surface area contributed by atoms with Gasteiger partial charge in [0.05, 0.1) is 39.6 Å². The predicted molar refractivity (Wildman–Crippen MR) is 91.5 cm³/mol. The Bertz CT molecular complexity index is 449. The van der Waals surface area contributed by atoms with E-state index in [1.165, 1.54) is 0 Å². The van der Waals surface area contributed by atoms with Crippen LogP contribution < -0.4 is 4.74 Å². The van der Waals surface area contributed by atoms with Crippen molar-refractivity contribution >= 4 is 0 Å². The first-order chi connectivity index (χ1) is 11.2. The molecule has 23 heavy (non-hydrogen) atoms. The molecule has 0 aliphatic heterocycles. The minimum Gasteiger partial charge on any atom is -0.497 e. The molecule has 1 aromatic carbocycles. The lowest BCUT2D eigenvalue weighted by atomic mass is 10.0. The molecule has 0 aliphatic carbocycles. The molecule has 1 rings (SSSR count). The lowest BCUT2D eigenvalue weighted by Crippen LogP contribution is -2.27. The molecule has 0 bridgehead atoms. The van der Waals surface area contributed by atoms with Crippen LogP contribution in [-0.2, 0) is 20.8 Å². The summed E-state index contributed by atoms with van der Waals surface area (Å²) in [5.74, 6) is 3.75. The molecule has 0 amide bonds. The Kier molecular flexibility index (Phi) is 10.1. The number of rotatable bonds is 12. The van der Waals surface area contributed by atoms with E-state index < -0.39 is 0 Å². The van der Waals surface area contributed by atoms with Gasteiger partial charge in [0, 0.05) is 18.9 Å². The highest BCUT2D eigenvalue weighted by Gasteiger charge is 2.17. The smallest absolute Gasteiger partial charge is 0.118 e. The first-order valence-corrected chi connectivity index (χ1v) is 8.04. The molecule has 0 aliphatic rings. The molecule has 0 fully saturated rings. The second-order valence-corrected chi connectivity index (χ2v) is 5.35. The number of hydrogen-bond donors (Lipinski definition) is 0. The van der Waals surface area contributed by atoms with Gasteiger partial charge in [-0.3, -0.25) is 0 Å². The fourth-order valence-corrected chi connectivity index (χ4v) is 2.14. The molecule has 0 unspecified atom stereocenters. The first kappa shape index (κ1) is 19.5. The van der Waals surface area contributed by atoms with Crippen molar-refractivity contribution in [2.75, 3.05) is 33.5 Å². The van der Waals surface area contributed by atoms with Crippen molar-refractivity contribution in [2.24, 2.45) is 5.92 Å². The fourth-order valence-electron chi connectivity index (χ4n) is 2.14. The molecule has 0 saturated carbocycles. The molecule has 4 heteroatoms. The summed E-state index contributed by atoms with van der Waals surface area (Å²) in [6, 6.07) is 7.86. The van der Waals surface area contributed by atoms with Crippen LogP contribution >= 0.6 is 0 Å². The Hall–Kier alpha value is -1.54. The molecule has 0 heterocycles. The van der Waals surface area contributed by atoms with Crippen molar-refractivity contribution < 1.29 is 18.9 Å². The standard InChI is InChI=1S/C19H28O4/c1-5-7-19(23-13-12-21-6-2)16(3)14-22-15-17-8-10-18(20-4)11-9-17/h1,8-11,16,19H,6-7,12-15H2,2-4H3/t16-,19-/m0/s1. The van der Waals surface area contributed by atoms with Crippen molar-refractivity contribution in [1.29, 1.82) is 0 Å². The van der Waals surface area contributed by atoms with Crippen LogP contribution in [0.25, 0.3) is 0 Å². The molecule has 1 aromatic rings. The van der Waals surface area contributed by atoms with Crippen LogP contribution in [0.1, 0.15) is 25.8 Å². The molecule has 0 spiro atoms. The van der Waals surface area contributed by atoms with Crippen LogP contribution in [0.3, 0.4) is 0 Å². The highest BCUT2D eigenvalue weighted by molar-refractivity contribution is 5.26. The monoisotopic (exact) mass is 320 g/mol. The van der Waals surface area contributed by atoms with E-state index in [1.54, 1.807) is 7.11 Å². The topological polar surface area (TPSA) is 36.9 Å². The molecular weight excluding hydrogens is 292 g/mol. The van der Waals surface area contributed by atoms with Gasteiger partial charge >= 0.3 is 0 Å². The van der Waals surface area contributed by atoms with E-state index in [2.05, 4.69) is 12.8 Å². The molecule has 0 saturated heterocycles. The number of benzene rings is 1. The van der Waals surface area contributed by atoms with Crippen LogP contribution in [-0.4, -0.2) is 39.6 Å². The van der Waals surface area contributed by atoms with E-state index >= 15 is 0 Å². The molecule has 128 valence electrons. The SMILES string of the molecule is C#CC[C@H](OCCOCC)[C@@H](C)COCc1ccc(OC)cc1. The largest absolute Gasteiger partial charge is 0.497 e. The van der Waals surface area contributed by atoms with Gasteiger partial charge in [0.25, 0.3) is 0 Å². The Morgan fingerprint density at radius 3 is 2.48 bits per heavy atom. The van der Waals surface area contributed by atoms with E-state index in [9.17, 15) is 0 Å². The van der Waals surface area contributed by atoms with Gasteiger partial charge in [-0.05, 0) is 24.6 Å². The third-order valence-corrected chi connectivity index (χ3v) is 3.53. The number of ether oxygens (including phenoxy) is 4. The predicted octanol–water partition coefficient (Wildman–Crippen LogP) is 3.29. The van der Waals surface area contributed by atoms with E-state index in [4.69, 9.17) is 25.4 Å². The average Bonchev–Trinajstić information content (AvgIpc) is 2.58. The van der Waals surface area contributed by atoms with Gasteiger partial charge in [0.1, 0.15) is 5.75 Å². The molecule has 4 nitrogen and oxygen atoms in total. The number of hydrogen-bond acceptors (Lipinski definition) is 4. The third kappa shape index (κ3) is 8.03. The zero-order valence-electron chi connectivity index (χ0n) is 14.4.